The van der Waals surface area contributed by atoms with Gasteiger partial charge in [-0.2, -0.15) is 0 Å². The molecule has 136 valence electrons. The van der Waals surface area contributed by atoms with Crippen molar-refractivity contribution in [1.82, 2.24) is 0 Å². The van der Waals surface area contributed by atoms with Gasteiger partial charge in [0.1, 0.15) is 0 Å². The average Bonchev–Trinajstić information content (AvgIpc) is 2.66. The van der Waals surface area contributed by atoms with Crippen LogP contribution >= 0.6 is 0 Å². The summed E-state index contributed by atoms with van der Waals surface area (Å²) >= 11 is 0. The first-order valence-electron chi connectivity index (χ1n) is 9.08. The maximum absolute atomic E-state index is 11.7. The van der Waals surface area contributed by atoms with Crippen molar-refractivity contribution in [1.29, 1.82) is 0 Å². The van der Waals surface area contributed by atoms with Crippen molar-refractivity contribution in [2.24, 2.45) is 0 Å². The summed E-state index contributed by atoms with van der Waals surface area (Å²) in [5.41, 5.74) is 1.16. The number of benzene rings is 5. The van der Waals surface area contributed by atoms with Crippen molar-refractivity contribution in [3.05, 3.63) is 71.8 Å². The van der Waals surface area contributed by atoms with E-state index in [9.17, 15) is 19.8 Å². The largest absolute Gasteiger partial charge is 0.481 e. The predicted octanol–water partition coefficient (Wildman–Crippen LogP) is 4.99. The Balaban J connectivity index is 2.11. The molecule has 4 heteroatoms. The molecule has 0 bridgehead atoms. The second-order valence-electron chi connectivity index (χ2n) is 7.14. The van der Waals surface area contributed by atoms with Gasteiger partial charge in [-0.25, -0.2) is 0 Å². The maximum Gasteiger partial charge on any atom is 0.307 e. The average molecular weight is 368 g/mol. The van der Waals surface area contributed by atoms with E-state index in [1.165, 1.54) is 0 Å². The van der Waals surface area contributed by atoms with Gasteiger partial charge in [0, 0.05) is 0 Å². The second kappa shape index (κ2) is 5.92. The predicted molar refractivity (Wildman–Crippen MR) is 110 cm³/mol. The normalized spacial score (nSPS) is 11.7. The molecule has 0 saturated carbocycles. The summed E-state index contributed by atoms with van der Waals surface area (Å²) in [6, 6.07) is 20.0. The topological polar surface area (TPSA) is 74.6 Å². The van der Waals surface area contributed by atoms with Gasteiger partial charge in [-0.15, -0.1) is 0 Å². The summed E-state index contributed by atoms with van der Waals surface area (Å²) in [6.45, 7) is 0. The Hall–Kier alpha value is -3.66. The molecule has 2 N–H and O–H groups in total. The minimum atomic E-state index is -0.969. The zero-order valence-corrected chi connectivity index (χ0v) is 14.9. The van der Waals surface area contributed by atoms with Crippen molar-refractivity contribution in [2.45, 2.75) is 12.8 Å². The molecule has 0 amide bonds. The molecule has 0 spiro atoms. The van der Waals surface area contributed by atoms with Crippen LogP contribution in [0.3, 0.4) is 0 Å². The molecule has 0 radical (unpaired) electrons. The van der Waals surface area contributed by atoms with Crippen LogP contribution in [0.15, 0.2) is 60.7 Å². The molecule has 0 fully saturated rings. The van der Waals surface area contributed by atoms with Gasteiger partial charge in [0.2, 0.25) is 0 Å². The van der Waals surface area contributed by atoms with Crippen molar-refractivity contribution in [3.63, 3.8) is 0 Å². The number of rotatable bonds is 4. The fourth-order valence-corrected chi connectivity index (χ4v) is 4.52. The lowest BCUT2D eigenvalue weighted by molar-refractivity contribution is -0.137. The van der Waals surface area contributed by atoms with Gasteiger partial charge in [-0.1, -0.05) is 60.7 Å². The van der Waals surface area contributed by atoms with Crippen LogP contribution in [-0.2, 0) is 22.4 Å². The first-order valence-corrected chi connectivity index (χ1v) is 9.08. The van der Waals surface area contributed by atoms with Crippen LogP contribution in [0.4, 0.5) is 0 Å². The third kappa shape index (κ3) is 2.31. The highest BCUT2D eigenvalue weighted by atomic mass is 16.4. The van der Waals surface area contributed by atoms with E-state index in [4.69, 9.17) is 0 Å². The zero-order chi connectivity index (χ0) is 19.4. The Kier molecular flexibility index (Phi) is 3.49. The zero-order valence-electron chi connectivity index (χ0n) is 14.9. The van der Waals surface area contributed by atoms with Crippen molar-refractivity contribution < 1.29 is 19.8 Å². The van der Waals surface area contributed by atoms with E-state index >= 15 is 0 Å². The van der Waals surface area contributed by atoms with Crippen LogP contribution in [0.5, 0.6) is 0 Å². The summed E-state index contributed by atoms with van der Waals surface area (Å²) in [5.74, 6) is -1.94. The summed E-state index contributed by atoms with van der Waals surface area (Å²) < 4.78 is 0. The fourth-order valence-electron chi connectivity index (χ4n) is 4.52. The van der Waals surface area contributed by atoms with Crippen LogP contribution < -0.4 is 0 Å². The fraction of sp³-hybridized carbons (Fsp3) is 0.0833. The first-order chi connectivity index (χ1) is 13.5. The van der Waals surface area contributed by atoms with E-state index in [1.807, 2.05) is 48.5 Å². The molecule has 5 aromatic rings. The Morgan fingerprint density at radius 2 is 1.21 bits per heavy atom. The number of carbonyl (C=O) groups is 2. The van der Waals surface area contributed by atoms with Gasteiger partial charge in [-0.3, -0.25) is 9.59 Å². The molecule has 4 nitrogen and oxygen atoms in total. The van der Waals surface area contributed by atoms with Crippen LogP contribution in [-0.4, -0.2) is 22.2 Å². The second-order valence-corrected chi connectivity index (χ2v) is 7.14. The van der Waals surface area contributed by atoms with Crippen LogP contribution in [0, 0.1) is 0 Å². The molecule has 0 aromatic heterocycles. The number of carboxylic acids is 2. The third-order valence-corrected chi connectivity index (χ3v) is 5.50. The van der Waals surface area contributed by atoms with Gasteiger partial charge in [0.05, 0.1) is 12.8 Å². The Bertz CT molecular complexity index is 1410. The van der Waals surface area contributed by atoms with Gasteiger partial charge in [0.15, 0.2) is 0 Å². The Labute approximate surface area is 160 Å². The Morgan fingerprint density at radius 1 is 0.643 bits per heavy atom. The Morgan fingerprint density at radius 3 is 1.86 bits per heavy atom. The number of fused-ring (bicyclic) bond motifs is 2. The number of hydrogen-bond acceptors (Lipinski definition) is 2. The van der Waals surface area contributed by atoms with Crippen molar-refractivity contribution in [2.75, 3.05) is 0 Å². The number of aliphatic carboxylic acids is 2. The van der Waals surface area contributed by atoms with Crippen LogP contribution in [0.25, 0.3) is 43.1 Å². The highest BCUT2D eigenvalue weighted by Gasteiger charge is 2.20. The quantitative estimate of drug-likeness (QED) is 0.346. The molecule has 0 aliphatic heterocycles. The number of carboxylic acid groups (broad SMARTS) is 2. The monoisotopic (exact) mass is 368 g/mol. The lowest BCUT2D eigenvalue weighted by Crippen LogP contribution is -2.09. The molecule has 0 unspecified atom stereocenters. The SMILES string of the molecule is O=C(O)Cc1cc2cccc3c4cccc5cccc(c(c1CC(=O)O)c23)c54. The summed E-state index contributed by atoms with van der Waals surface area (Å²) in [5, 5.41) is 27.1. The van der Waals surface area contributed by atoms with E-state index in [2.05, 4.69) is 12.1 Å². The molecule has 5 rings (SSSR count). The molecule has 5 aromatic carbocycles. The number of hydrogen-bond donors (Lipinski definition) is 2. The maximum atomic E-state index is 11.7. The molecular formula is C24H16O4. The van der Waals surface area contributed by atoms with E-state index in [-0.39, 0.29) is 12.8 Å². The van der Waals surface area contributed by atoms with Crippen LogP contribution in [0.1, 0.15) is 11.1 Å². The first kappa shape index (κ1) is 16.5. The summed E-state index contributed by atoms with van der Waals surface area (Å²) in [6.07, 6.45) is -0.409. The molecule has 0 saturated heterocycles. The van der Waals surface area contributed by atoms with Gasteiger partial charge in [0.25, 0.3) is 0 Å². The minimum absolute atomic E-state index is 0.201. The van der Waals surface area contributed by atoms with E-state index in [0.717, 1.165) is 43.1 Å². The summed E-state index contributed by atoms with van der Waals surface area (Å²) in [4.78, 5) is 23.1. The van der Waals surface area contributed by atoms with Gasteiger partial charge >= 0.3 is 11.9 Å². The van der Waals surface area contributed by atoms with Gasteiger partial charge in [-0.05, 0) is 54.2 Å². The van der Waals surface area contributed by atoms with E-state index in [0.29, 0.717) is 11.1 Å². The molecule has 0 aliphatic rings. The lowest BCUT2D eigenvalue weighted by Gasteiger charge is -2.19. The smallest absolute Gasteiger partial charge is 0.307 e. The highest BCUT2D eigenvalue weighted by molar-refractivity contribution is 6.33. The molecule has 0 heterocycles. The standard InChI is InChI=1S/C24H16O4/c25-20(26)11-15-10-14-6-3-8-17-16-7-1-4-13-5-2-9-18(22(13)16)24(23(14)17)19(15)12-21(27)28/h1-10H,11-12H2,(H,25,26)(H,27,28). The molecule has 0 aliphatic carbocycles. The molecule has 28 heavy (non-hydrogen) atoms. The van der Waals surface area contributed by atoms with Gasteiger partial charge < -0.3 is 10.2 Å². The van der Waals surface area contributed by atoms with E-state index in [1.54, 1.807) is 0 Å². The van der Waals surface area contributed by atoms with E-state index < -0.39 is 11.9 Å². The highest BCUT2D eigenvalue weighted by Crippen LogP contribution is 2.42. The van der Waals surface area contributed by atoms with Crippen molar-refractivity contribution >= 4 is 55.0 Å². The lowest BCUT2D eigenvalue weighted by atomic mass is 9.84. The third-order valence-electron chi connectivity index (χ3n) is 5.50. The molecular weight excluding hydrogens is 352 g/mol. The van der Waals surface area contributed by atoms with Crippen molar-refractivity contribution in [3.8, 4) is 0 Å². The minimum Gasteiger partial charge on any atom is -0.481 e. The summed E-state index contributed by atoms with van der Waals surface area (Å²) in [7, 11) is 0. The molecule has 0 atom stereocenters. The van der Waals surface area contributed by atoms with Crippen LogP contribution in [0.2, 0.25) is 0 Å².